The van der Waals surface area contributed by atoms with Crippen LogP contribution in [-0.4, -0.2) is 58.4 Å². The average molecular weight is 477 g/mol. The summed E-state index contributed by atoms with van der Waals surface area (Å²) in [5, 5.41) is 15.1. The van der Waals surface area contributed by atoms with Crippen LogP contribution in [0.5, 0.6) is 5.75 Å². The first-order valence-electron chi connectivity index (χ1n) is 10.6. The lowest BCUT2D eigenvalue weighted by Crippen LogP contribution is -2.53. The number of likely N-dealkylation sites (tertiary alicyclic amines) is 1. The number of aliphatic hydroxyl groups excluding tert-OH is 1. The minimum Gasteiger partial charge on any atom is -0.495 e. The Bertz CT molecular complexity index is 1150. The fourth-order valence-corrected chi connectivity index (χ4v) is 4.39. The molecule has 2 atom stereocenters. The Morgan fingerprint density at radius 2 is 2.03 bits per heavy atom. The van der Waals surface area contributed by atoms with Crippen LogP contribution in [0.2, 0.25) is 10.0 Å². The van der Waals surface area contributed by atoms with Crippen LogP contribution in [0.25, 0.3) is 11.0 Å². The number of benzene rings is 1. The van der Waals surface area contributed by atoms with Crippen LogP contribution in [0.4, 0.5) is 0 Å². The van der Waals surface area contributed by atoms with Crippen LogP contribution in [-0.2, 0) is 13.1 Å². The molecule has 2 N–H and O–H groups in total. The summed E-state index contributed by atoms with van der Waals surface area (Å²) >= 11 is 12.1. The highest BCUT2D eigenvalue weighted by Crippen LogP contribution is 2.23. The molecule has 3 aromatic rings. The van der Waals surface area contributed by atoms with E-state index in [-0.39, 0.29) is 11.6 Å². The zero-order valence-electron chi connectivity index (χ0n) is 17.8. The van der Waals surface area contributed by atoms with E-state index in [4.69, 9.17) is 27.9 Å². The second-order valence-corrected chi connectivity index (χ2v) is 8.81. The molecule has 1 aliphatic rings. The zero-order valence-corrected chi connectivity index (χ0v) is 19.3. The van der Waals surface area contributed by atoms with Gasteiger partial charge >= 0.3 is 0 Å². The van der Waals surface area contributed by atoms with Gasteiger partial charge in [0.25, 0.3) is 5.56 Å². The molecule has 170 valence electrons. The topological polar surface area (TPSA) is 79.6 Å². The van der Waals surface area contributed by atoms with Gasteiger partial charge in [0.1, 0.15) is 5.75 Å². The maximum absolute atomic E-state index is 12.5. The maximum atomic E-state index is 12.5. The highest BCUT2D eigenvalue weighted by molar-refractivity contribution is 6.42. The summed E-state index contributed by atoms with van der Waals surface area (Å²) in [7, 11) is 1.58. The average Bonchev–Trinajstić information content (AvgIpc) is 2.79. The highest BCUT2D eigenvalue weighted by atomic mass is 35.5. The Morgan fingerprint density at radius 3 is 2.78 bits per heavy atom. The molecule has 32 heavy (non-hydrogen) atoms. The SMILES string of the molecule is COc1cnc2ccc(=O)n(CCN3CC[C@@H](NCc4ccc(Cl)c(Cl)c4)[C@@H](O)C3)c2c1. The van der Waals surface area contributed by atoms with Crippen LogP contribution in [0.15, 0.2) is 47.4 Å². The third-order valence-corrected chi connectivity index (χ3v) is 6.65. The van der Waals surface area contributed by atoms with E-state index in [2.05, 4.69) is 15.2 Å². The van der Waals surface area contributed by atoms with Gasteiger partial charge in [-0.05, 0) is 36.7 Å². The van der Waals surface area contributed by atoms with Gasteiger partial charge in [-0.2, -0.15) is 0 Å². The summed E-state index contributed by atoms with van der Waals surface area (Å²) in [5.41, 5.74) is 2.44. The van der Waals surface area contributed by atoms with E-state index < -0.39 is 6.10 Å². The summed E-state index contributed by atoms with van der Waals surface area (Å²) < 4.78 is 6.98. The van der Waals surface area contributed by atoms with Gasteiger partial charge in [0.15, 0.2) is 0 Å². The number of rotatable bonds is 7. The van der Waals surface area contributed by atoms with Crippen molar-refractivity contribution in [1.29, 1.82) is 0 Å². The Labute approximate surface area is 196 Å². The number of β-amino-alcohol motifs (C(OH)–C–C–N with tert-alkyl or cyclic N) is 1. The van der Waals surface area contributed by atoms with Crippen molar-refractivity contribution in [3.05, 3.63) is 68.6 Å². The molecule has 7 nitrogen and oxygen atoms in total. The molecule has 2 aromatic heterocycles. The summed E-state index contributed by atoms with van der Waals surface area (Å²) in [6, 6.07) is 10.6. The fourth-order valence-electron chi connectivity index (χ4n) is 4.07. The van der Waals surface area contributed by atoms with Crippen LogP contribution in [0.3, 0.4) is 0 Å². The number of fused-ring (bicyclic) bond motifs is 1. The van der Waals surface area contributed by atoms with Crippen LogP contribution in [0.1, 0.15) is 12.0 Å². The summed E-state index contributed by atoms with van der Waals surface area (Å²) in [4.78, 5) is 19.0. The molecule has 1 saturated heterocycles. The summed E-state index contributed by atoms with van der Waals surface area (Å²) in [5.74, 6) is 0.612. The second-order valence-electron chi connectivity index (χ2n) is 8.00. The first-order valence-corrected chi connectivity index (χ1v) is 11.3. The molecule has 0 unspecified atom stereocenters. The monoisotopic (exact) mass is 476 g/mol. The first kappa shape index (κ1) is 23.0. The van der Waals surface area contributed by atoms with Crippen LogP contribution < -0.4 is 15.6 Å². The van der Waals surface area contributed by atoms with Crippen molar-refractivity contribution >= 4 is 34.2 Å². The van der Waals surface area contributed by atoms with Gasteiger partial charge in [0, 0.05) is 44.4 Å². The molecule has 1 aliphatic heterocycles. The molecular formula is C23H26Cl2N4O3. The Morgan fingerprint density at radius 1 is 1.19 bits per heavy atom. The number of nitrogens with one attached hydrogen (secondary N) is 1. The molecule has 1 aromatic carbocycles. The van der Waals surface area contributed by atoms with Crippen molar-refractivity contribution in [2.75, 3.05) is 26.7 Å². The van der Waals surface area contributed by atoms with E-state index in [9.17, 15) is 9.90 Å². The predicted molar refractivity (Wildman–Crippen MR) is 127 cm³/mol. The molecule has 3 heterocycles. The zero-order chi connectivity index (χ0) is 22.7. The number of aromatic nitrogens is 2. The lowest BCUT2D eigenvalue weighted by atomic mass is 10.0. The third kappa shape index (κ3) is 5.24. The Balaban J connectivity index is 1.35. The van der Waals surface area contributed by atoms with Gasteiger partial charge in [0.2, 0.25) is 0 Å². The number of piperidine rings is 1. The lowest BCUT2D eigenvalue weighted by Gasteiger charge is -2.36. The van der Waals surface area contributed by atoms with E-state index in [0.29, 0.717) is 42.0 Å². The van der Waals surface area contributed by atoms with E-state index in [1.807, 2.05) is 18.2 Å². The van der Waals surface area contributed by atoms with Crippen molar-refractivity contribution in [2.24, 2.45) is 0 Å². The van der Waals surface area contributed by atoms with Crippen LogP contribution in [0, 0.1) is 0 Å². The number of hydrogen-bond donors (Lipinski definition) is 2. The molecule has 0 radical (unpaired) electrons. The molecule has 0 aliphatic carbocycles. The molecule has 0 saturated carbocycles. The van der Waals surface area contributed by atoms with Crippen molar-refractivity contribution in [3.63, 3.8) is 0 Å². The maximum Gasteiger partial charge on any atom is 0.251 e. The standard InChI is InChI=1S/C23H26Cl2N4O3/c1-32-16-11-21-19(27-13-16)4-5-23(31)29(21)9-8-28-7-6-20(22(30)14-28)26-12-15-2-3-17(24)18(25)10-15/h2-5,10-11,13,20,22,26,30H,6-9,12,14H2,1H3/t20-,22+/m1/s1. The number of ether oxygens (including phenoxy) is 1. The van der Waals surface area contributed by atoms with E-state index in [1.165, 1.54) is 6.07 Å². The van der Waals surface area contributed by atoms with Gasteiger partial charge in [-0.3, -0.25) is 14.7 Å². The van der Waals surface area contributed by atoms with E-state index in [1.54, 1.807) is 30.0 Å². The number of halogens is 2. The lowest BCUT2D eigenvalue weighted by molar-refractivity contribution is 0.0385. The minimum absolute atomic E-state index is 0.00515. The third-order valence-electron chi connectivity index (χ3n) is 5.91. The normalized spacial score (nSPS) is 19.4. The number of nitrogens with zero attached hydrogens (tertiary/aromatic N) is 3. The van der Waals surface area contributed by atoms with Gasteiger partial charge in [-0.25, -0.2) is 0 Å². The molecule has 9 heteroatoms. The van der Waals surface area contributed by atoms with Crippen LogP contribution >= 0.6 is 23.2 Å². The number of aliphatic hydroxyl groups is 1. The molecule has 4 rings (SSSR count). The van der Waals surface area contributed by atoms with Gasteiger partial charge in [-0.15, -0.1) is 0 Å². The number of pyridine rings is 2. The smallest absolute Gasteiger partial charge is 0.251 e. The van der Waals surface area contributed by atoms with Crippen molar-refractivity contribution in [3.8, 4) is 5.75 Å². The molecule has 0 bridgehead atoms. The summed E-state index contributed by atoms with van der Waals surface area (Å²) in [6.07, 6.45) is 1.95. The Hall–Kier alpha value is -2.16. The minimum atomic E-state index is -0.502. The summed E-state index contributed by atoms with van der Waals surface area (Å²) in [6.45, 7) is 3.15. The van der Waals surface area contributed by atoms with Crippen molar-refractivity contribution in [1.82, 2.24) is 19.8 Å². The first-order chi connectivity index (χ1) is 15.4. The van der Waals surface area contributed by atoms with E-state index >= 15 is 0 Å². The van der Waals surface area contributed by atoms with E-state index in [0.717, 1.165) is 29.6 Å². The van der Waals surface area contributed by atoms with Crippen molar-refractivity contribution in [2.45, 2.75) is 31.7 Å². The molecule has 0 spiro atoms. The number of hydrogen-bond acceptors (Lipinski definition) is 6. The second kappa shape index (κ2) is 10.2. The molecule has 1 fully saturated rings. The Kier molecular flexibility index (Phi) is 7.33. The highest BCUT2D eigenvalue weighted by Gasteiger charge is 2.27. The predicted octanol–water partition coefficient (Wildman–Crippen LogP) is 2.94. The van der Waals surface area contributed by atoms with Gasteiger partial charge in [-0.1, -0.05) is 29.3 Å². The van der Waals surface area contributed by atoms with Gasteiger partial charge < -0.3 is 19.7 Å². The number of methoxy groups -OCH3 is 1. The van der Waals surface area contributed by atoms with Crippen molar-refractivity contribution < 1.29 is 9.84 Å². The van der Waals surface area contributed by atoms with Gasteiger partial charge in [0.05, 0.1) is 40.5 Å². The molecule has 0 amide bonds. The fraction of sp³-hybridized carbons (Fsp3) is 0.391. The largest absolute Gasteiger partial charge is 0.495 e. The quantitative estimate of drug-likeness (QED) is 0.545. The molecular weight excluding hydrogens is 451 g/mol.